The van der Waals surface area contributed by atoms with Gasteiger partial charge in [-0.1, -0.05) is 0 Å². The molecule has 0 atom stereocenters. The summed E-state index contributed by atoms with van der Waals surface area (Å²) in [4.78, 5) is 11.6. The second-order valence-electron chi connectivity index (χ2n) is 3.05. The number of thioether (sulfide) groups is 1. The van der Waals surface area contributed by atoms with Crippen molar-refractivity contribution in [2.45, 2.75) is 11.3 Å². The Morgan fingerprint density at radius 1 is 1.57 bits per heavy atom. The van der Waals surface area contributed by atoms with Gasteiger partial charge in [0.05, 0.1) is 0 Å². The van der Waals surface area contributed by atoms with Gasteiger partial charge >= 0.3 is 5.97 Å². The standard InChI is InChI=1S/C10H10O3S/c11-10(12)6-13-8-1-2-9-7(5-8)3-4-14-9/h1-2,5H,3-4,6H2,(H,11,12). The number of aryl methyl sites for hydroxylation is 1. The lowest BCUT2D eigenvalue weighted by molar-refractivity contribution is -0.139. The van der Waals surface area contributed by atoms with Crippen LogP contribution in [0.15, 0.2) is 23.1 Å². The minimum Gasteiger partial charge on any atom is -0.482 e. The van der Waals surface area contributed by atoms with Gasteiger partial charge in [0.25, 0.3) is 0 Å². The zero-order valence-electron chi connectivity index (χ0n) is 7.53. The maximum atomic E-state index is 10.3. The fourth-order valence-electron chi connectivity index (χ4n) is 1.40. The maximum absolute atomic E-state index is 10.3. The van der Waals surface area contributed by atoms with E-state index in [1.54, 1.807) is 0 Å². The third kappa shape index (κ3) is 2.01. The van der Waals surface area contributed by atoms with Gasteiger partial charge in [-0.3, -0.25) is 0 Å². The predicted molar refractivity (Wildman–Crippen MR) is 54.0 cm³/mol. The lowest BCUT2D eigenvalue weighted by atomic mass is 10.2. The summed E-state index contributed by atoms with van der Waals surface area (Å²) >= 11 is 1.83. The van der Waals surface area contributed by atoms with E-state index in [1.165, 1.54) is 10.5 Å². The van der Waals surface area contributed by atoms with Crippen molar-refractivity contribution < 1.29 is 14.6 Å². The first-order valence-corrected chi connectivity index (χ1v) is 5.34. The SMILES string of the molecule is O=C(O)COc1ccc2c(c1)CCS2. The second kappa shape index (κ2) is 3.92. The molecule has 0 unspecified atom stereocenters. The van der Waals surface area contributed by atoms with E-state index >= 15 is 0 Å². The number of carboxylic acid groups (broad SMARTS) is 1. The molecule has 2 rings (SSSR count). The second-order valence-corrected chi connectivity index (χ2v) is 4.19. The van der Waals surface area contributed by atoms with Crippen LogP contribution < -0.4 is 4.74 Å². The largest absolute Gasteiger partial charge is 0.482 e. The Morgan fingerprint density at radius 3 is 3.21 bits per heavy atom. The number of rotatable bonds is 3. The fourth-order valence-corrected chi connectivity index (χ4v) is 2.45. The molecule has 0 saturated heterocycles. The summed E-state index contributed by atoms with van der Waals surface area (Å²) in [6.45, 7) is -0.272. The van der Waals surface area contributed by atoms with Crippen molar-refractivity contribution in [3.8, 4) is 5.75 Å². The van der Waals surface area contributed by atoms with Crippen molar-refractivity contribution in [1.29, 1.82) is 0 Å². The van der Waals surface area contributed by atoms with Crippen molar-refractivity contribution in [2.75, 3.05) is 12.4 Å². The van der Waals surface area contributed by atoms with Crippen molar-refractivity contribution in [3.05, 3.63) is 23.8 Å². The van der Waals surface area contributed by atoms with E-state index in [9.17, 15) is 4.79 Å². The van der Waals surface area contributed by atoms with Crippen LogP contribution >= 0.6 is 11.8 Å². The van der Waals surface area contributed by atoms with Gasteiger partial charge in [-0.15, -0.1) is 11.8 Å². The van der Waals surface area contributed by atoms with Crippen molar-refractivity contribution in [3.63, 3.8) is 0 Å². The Labute approximate surface area is 86.1 Å². The Hall–Kier alpha value is -1.16. The van der Waals surface area contributed by atoms with Gasteiger partial charge in [0.1, 0.15) is 5.75 Å². The zero-order chi connectivity index (χ0) is 9.97. The van der Waals surface area contributed by atoms with Gasteiger partial charge in [-0.25, -0.2) is 4.79 Å². The van der Waals surface area contributed by atoms with Crippen molar-refractivity contribution in [1.82, 2.24) is 0 Å². The van der Waals surface area contributed by atoms with E-state index in [2.05, 4.69) is 0 Å². The number of hydrogen-bond acceptors (Lipinski definition) is 3. The minimum atomic E-state index is -0.945. The molecule has 74 valence electrons. The molecule has 1 aliphatic heterocycles. The summed E-state index contributed by atoms with van der Waals surface area (Å²) in [6.07, 6.45) is 1.05. The average Bonchev–Trinajstić information content (AvgIpc) is 2.61. The molecular weight excluding hydrogens is 200 g/mol. The Morgan fingerprint density at radius 2 is 2.43 bits per heavy atom. The molecule has 1 aromatic carbocycles. The molecule has 0 bridgehead atoms. The van der Waals surface area contributed by atoms with Gasteiger partial charge in [0.2, 0.25) is 0 Å². The Balaban J connectivity index is 2.09. The summed E-state index contributed by atoms with van der Waals surface area (Å²) in [6, 6.07) is 5.74. The van der Waals surface area contributed by atoms with Crippen LogP contribution in [0.1, 0.15) is 5.56 Å². The van der Waals surface area contributed by atoms with Crippen LogP contribution in [0.25, 0.3) is 0 Å². The zero-order valence-corrected chi connectivity index (χ0v) is 8.34. The molecular formula is C10H10O3S. The highest BCUT2D eigenvalue weighted by molar-refractivity contribution is 7.99. The smallest absolute Gasteiger partial charge is 0.341 e. The minimum absolute atomic E-state index is 0.272. The van der Waals surface area contributed by atoms with Gasteiger partial charge in [0, 0.05) is 10.6 Å². The molecule has 1 aromatic rings. The highest BCUT2D eigenvalue weighted by Crippen LogP contribution is 2.33. The molecule has 0 amide bonds. The fraction of sp³-hybridized carbons (Fsp3) is 0.300. The molecule has 0 saturated carbocycles. The van der Waals surface area contributed by atoms with E-state index in [0.717, 1.165) is 12.2 Å². The highest BCUT2D eigenvalue weighted by atomic mass is 32.2. The van der Waals surface area contributed by atoms with Crippen LogP contribution in [0.2, 0.25) is 0 Å². The van der Waals surface area contributed by atoms with Crippen LogP contribution in [-0.2, 0) is 11.2 Å². The molecule has 1 aliphatic rings. The topological polar surface area (TPSA) is 46.5 Å². The molecule has 0 spiro atoms. The van der Waals surface area contributed by atoms with E-state index in [1.807, 2.05) is 30.0 Å². The van der Waals surface area contributed by atoms with Gasteiger partial charge in [-0.05, 0) is 30.2 Å². The summed E-state index contributed by atoms with van der Waals surface area (Å²) in [5, 5.41) is 8.44. The molecule has 1 heterocycles. The van der Waals surface area contributed by atoms with E-state index in [-0.39, 0.29) is 6.61 Å². The predicted octanol–water partition coefficient (Wildman–Crippen LogP) is 1.80. The number of hydrogen-bond donors (Lipinski definition) is 1. The maximum Gasteiger partial charge on any atom is 0.341 e. The van der Waals surface area contributed by atoms with Crippen LogP contribution in [0, 0.1) is 0 Å². The lowest BCUT2D eigenvalue weighted by Gasteiger charge is -2.04. The first-order valence-electron chi connectivity index (χ1n) is 4.36. The van der Waals surface area contributed by atoms with E-state index < -0.39 is 5.97 Å². The third-order valence-electron chi connectivity index (χ3n) is 2.02. The monoisotopic (exact) mass is 210 g/mol. The summed E-state index contributed by atoms with van der Waals surface area (Å²) < 4.78 is 5.08. The number of benzene rings is 1. The number of ether oxygens (including phenoxy) is 1. The van der Waals surface area contributed by atoms with Crippen LogP contribution in [-0.4, -0.2) is 23.4 Å². The third-order valence-corrected chi connectivity index (χ3v) is 3.14. The molecule has 0 fully saturated rings. The lowest BCUT2D eigenvalue weighted by Crippen LogP contribution is -2.09. The van der Waals surface area contributed by atoms with Crippen LogP contribution in [0.3, 0.4) is 0 Å². The van der Waals surface area contributed by atoms with Crippen LogP contribution in [0.5, 0.6) is 5.75 Å². The van der Waals surface area contributed by atoms with Crippen molar-refractivity contribution in [2.24, 2.45) is 0 Å². The Bertz CT molecular complexity index is 362. The molecule has 3 nitrogen and oxygen atoms in total. The first kappa shape index (κ1) is 9.40. The molecule has 0 radical (unpaired) electrons. The molecule has 1 N–H and O–H groups in total. The number of aliphatic carboxylic acids is 1. The number of fused-ring (bicyclic) bond motifs is 1. The van der Waals surface area contributed by atoms with Gasteiger partial charge < -0.3 is 9.84 Å². The quantitative estimate of drug-likeness (QED) is 0.826. The number of carbonyl (C=O) groups is 1. The average molecular weight is 210 g/mol. The molecule has 0 aliphatic carbocycles. The summed E-state index contributed by atoms with van der Waals surface area (Å²) in [5.74, 6) is 0.811. The number of carboxylic acids is 1. The van der Waals surface area contributed by atoms with E-state index in [0.29, 0.717) is 5.75 Å². The first-order chi connectivity index (χ1) is 6.75. The Kier molecular flexibility index (Phi) is 2.63. The normalized spacial score (nSPS) is 13.7. The van der Waals surface area contributed by atoms with Gasteiger partial charge in [-0.2, -0.15) is 0 Å². The molecule has 0 aromatic heterocycles. The van der Waals surface area contributed by atoms with Crippen LogP contribution in [0.4, 0.5) is 0 Å². The highest BCUT2D eigenvalue weighted by Gasteiger charge is 2.12. The van der Waals surface area contributed by atoms with E-state index in [4.69, 9.17) is 9.84 Å². The summed E-state index contributed by atoms with van der Waals surface area (Å²) in [7, 11) is 0. The molecule has 14 heavy (non-hydrogen) atoms. The van der Waals surface area contributed by atoms with Crippen molar-refractivity contribution >= 4 is 17.7 Å². The molecule has 4 heteroatoms. The van der Waals surface area contributed by atoms with Gasteiger partial charge in [0.15, 0.2) is 6.61 Å². The summed E-state index contributed by atoms with van der Waals surface area (Å²) in [5.41, 5.74) is 1.26.